The summed E-state index contributed by atoms with van der Waals surface area (Å²) < 4.78 is 39.3. The van der Waals surface area contributed by atoms with Crippen molar-refractivity contribution in [2.45, 2.75) is 11.1 Å². The van der Waals surface area contributed by atoms with Crippen molar-refractivity contribution in [2.24, 2.45) is 0 Å². The number of hydrogen-bond donors (Lipinski definition) is 2. The molecule has 0 saturated heterocycles. The molecule has 0 atom stereocenters. The van der Waals surface area contributed by atoms with E-state index >= 15 is 0 Å². The summed E-state index contributed by atoms with van der Waals surface area (Å²) in [7, 11) is -3.82. The summed E-state index contributed by atoms with van der Waals surface area (Å²) in [6, 6.07) is 4.88. The highest BCUT2D eigenvalue weighted by Crippen LogP contribution is 2.32. The number of sulfonamides is 1. The van der Waals surface area contributed by atoms with Crippen molar-refractivity contribution < 1.29 is 17.9 Å². The molecule has 2 N–H and O–H groups in total. The van der Waals surface area contributed by atoms with Crippen LogP contribution in [0, 0.1) is 12.7 Å². The fourth-order valence-electron chi connectivity index (χ4n) is 1.37. The van der Waals surface area contributed by atoms with E-state index in [1.54, 1.807) is 13.0 Å². The average molecular weight is 322 g/mol. The van der Waals surface area contributed by atoms with Crippen LogP contribution >= 0.6 is 22.9 Å². The van der Waals surface area contributed by atoms with Gasteiger partial charge in [-0.2, -0.15) is 0 Å². The molecule has 0 spiro atoms. The van der Waals surface area contributed by atoms with Crippen molar-refractivity contribution in [2.75, 3.05) is 4.72 Å². The van der Waals surface area contributed by atoms with E-state index in [2.05, 4.69) is 4.72 Å². The highest BCUT2D eigenvalue weighted by molar-refractivity contribution is 7.94. The van der Waals surface area contributed by atoms with Gasteiger partial charge in [-0.3, -0.25) is 4.72 Å². The number of thiophene rings is 1. The van der Waals surface area contributed by atoms with Gasteiger partial charge in [0.15, 0.2) is 0 Å². The molecule has 0 saturated carbocycles. The first kappa shape index (κ1) is 14.1. The van der Waals surface area contributed by atoms with Gasteiger partial charge in [0, 0.05) is 10.9 Å². The van der Waals surface area contributed by atoms with Crippen molar-refractivity contribution in [3.8, 4) is 5.75 Å². The molecule has 0 fully saturated rings. The monoisotopic (exact) mass is 321 g/mol. The maximum atomic E-state index is 13.1. The second-order valence-corrected chi connectivity index (χ2v) is 7.36. The summed E-state index contributed by atoms with van der Waals surface area (Å²) in [5, 5.41) is 9.23. The molecule has 2 rings (SSSR count). The van der Waals surface area contributed by atoms with Gasteiger partial charge in [-0.05, 0) is 25.1 Å². The van der Waals surface area contributed by atoms with Gasteiger partial charge >= 0.3 is 0 Å². The Bertz CT molecular complexity index is 728. The minimum atomic E-state index is -3.82. The second kappa shape index (κ2) is 4.99. The van der Waals surface area contributed by atoms with Crippen LogP contribution in [0.4, 0.5) is 10.1 Å². The molecule has 19 heavy (non-hydrogen) atoms. The molecule has 8 heteroatoms. The number of nitrogens with one attached hydrogen (secondary N) is 1. The summed E-state index contributed by atoms with van der Waals surface area (Å²) in [4.78, 5) is 0.835. The summed E-state index contributed by atoms with van der Waals surface area (Å²) in [5.41, 5.74) is -0.169. The Labute approximate surface area is 118 Å². The molecule has 0 aliphatic carbocycles. The summed E-state index contributed by atoms with van der Waals surface area (Å²) in [6.07, 6.45) is 0. The number of aromatic hydroxyl groups is 1. The van der Waals surface area contributed by atoms with Crippen molar-refractivity contribution >= 4 is 38.6 Å². The molecular formula is C11H9ClFNO3S2. The minimum Gasteiger partial charge on any atom is -0.506 e. The van der Waals surface area contributed by atoms with E-state index in [-0.39, 0.29) is 14.9 Å². The Kier molecular flexibility index (Phi) is 3.71. The van der Waals surface area contributed by atoms with Crippen LogP contribution in [0.25, 0.3) is 0 Å². The average Bonchev–Trinajstić information content (AvgIpc) is 2.73. The number of phenolic OH excluding ortho intramolecular Hbond substituents is 1. The van der Waals surface area contributed by atoms with Gasteiger partial charge in [-0.25, -0.2) is 12.8 Å². The molecule has 0 bridgehead atoms. The van der Waals surface area contributed by atoms with Crippen molar-refractivity contribution in [3.05, 3.63) is 40.0 Å². The third-order valence-corrected chi connectivity index (χ3v) is 5.41. The van der Waals surface area contributed by atoms with Gasteiger partial charge in [0.1, 0.15) is 15.8 Å². The Balaban J connectivity index is 2.38. The van der Waals surface area contributed by atoms with Crippen LogP contribution in [0.1, 0.15) is 4.88 Å². The van der Waals surface area contributed by atoms with Crippen LogP contribution in [0.5, 0.6) is 5.75 Å². The second-order valence-electron chi connectivity index (χ2n) is 3.75. The molecule has 2 aromatic rings. The van der Waals surface area contributed by atoms with Crippen LogP contribution < -0.4 is 4.72 Å². The Hall–Kier alpha value is -1.31. The number of rotatable bonds is 3. The van der Waals surface area contributed by atoms with Gasteiger partial charge in [0.2, 0.25) is 0 Å². The smallest absolute Gasteiger partial charge is 0.271 e. The summed E-state index contributed by atoms with van der Waals surface area (Å²) in [5.74, 6) is -1.35. The van der Waals surface area contributed by atoms with Crippen molar-refractivity contribution in [3.63, 3.8) is 0 Å². The van der Waals surface area contributed by atoms with E-state index in [9.17, 15) is 17.9 Å². The van der Waals surface area contributed by atoms with E-state index < -0.39 is 21.6 Å². The Morgan fingerprint density at radius 3 is 2.63 bits per heavy atom. The molecule has 0 amide bonds. The number of benzene rings is 1. The standard InChI is InChI=1S/C11H9ClFNO3S2/c1-6-2-3-11(18-6)19(16,17)14-9-4-7(12)8(13)5-10(9)15/h2-5,14-15H,1H3. The maximum Gasteiger partial charge on any atom is 0.271 e. The van der Waals surface area contributed by atoms with Crippen LogP contribution in [-0.2, 0) is 10.0 Å². The fraction of sp³-hybridized carbons (Fsp3) is 0.0909. The van der Waals surface area contributed by atoms with E-state index in [0.717, 1.165) is 28.3 Å². The first-order chi connectivity index (χ1) is 8.79. The highest BCUT2D eigenvalue weighted by Gasteiger charge is 2.19. The third-order valence-electron chi connectivity index (χ3n) is 2.26. The normalized spacial score (nSPS) is 11.5. The first-order valence-corrected chi connectivity index (χ1v) is 7.74. The van der Waals surface area contributed by atoms with Crippen LogP contribution in [0.15, 0.2) is 28.5 Å². The molecule has 1 aromatic heterocycles. The summed E-state index contributed by atoms with van der Waals surface area (Å²) in [6.45, 7) is 1.77. The van der Waals surface area contributed by atoms with Gasteiger partial charge in [0.05, 0.1) is 10.7 Å². The number of aryl methyl sites for hydroxylation is 1. The summed E-state index contributed by atoms with van der Waals surface area (Å²) >= 11 is 6.63. The van der Waals surface area contributed by atoms with Gasteiger partial charge in [-0.15, -0.1) is 11.3 Å². The number of anilines is 1. The predicted octanol–water partition coefficient (Wildman–Crippen LogP) is 3.36. The first-order valence-electron chi connectivity index (χ1n) is 5.07. The molecule has 0 aliphatic heterocycles. The zero-order valence-electron chi connectivity index (χ0n) is 9.65. The molecule has 1 heterocycles. The van der Waals surface area contributed by atoms with Gasteiger partial charge in [0.25, 0.3) is 10.0 Å². The molecule has 4 nitrogen and oxygen atoms in total. The van der Waals surface area contributed by atoms with E-state index in [1.807, 2.05) is 0 Å². The zero-order chi connectivity index (χ0) is 14.2. The highest BCUT2D eigenvalue weighted by atomic mass is 35.5. The third kappa shape index (κ3) is 2.99. The lowest BCUT2D eigenvalue weighted by atomic mass is 10.3. The minimum absolute atomic E-state index is 0.102. The molecule has 102 valence electrons. The van der Waals surface area contributed by atoms with Crippen LogP contribution in [0.3, 0.4) is 0 Å². The number of phenols is 1. The zero-order valence-corrected chi connectivity index (χ0v) is 12.0. The quantitative estimate of drug-likeness (QED) is 0.852. The van der Waals surface area contributed by atoms with Gasteiger partial charge in [-0.1, -0.05) is 11.6 Å². The van der Waals surface area contributed by atoms with Crippen LogP contribution in [-0.4, -0.2) is 13.5 Å². The Morgan fingerprint density at radius 2 is 2.05 bits per heavy atom. The maximum absolute atomic E-state index is 13.1. The molecule has 0 unspecified atom stereocenters. The van der Waals surface area contributed by atoms with Crippen molar-refractivity contribution in [1.29, 1.82) is 0 Å². The van der Waals surface area contributed by atoms with Gasteiger partial charge < -0.3 is 5.11 Å². The number of hydrogen-bond acceptors (Lipinski definition) is 4. The SMILES string of the molecule is Cc1ccc(S(=O)(=O)Nc2cc(Cl)c(F)cc2O)s1. The largest absolute Gasteiger partial charge is 0.506 e. The molecule has 0 aliphatic rings. The lowest BCUT2D eigenvalue weighted by Crippen LogP contribution is -2.11. The predicted molar refractivity (Wildman–Crippen MR) is 72.9 cm³/mol. The van der Waals surface area contributed by atoms with Crippen molar-refractivity contribution in [1.82, 2.24) is 0 Å². The molecule has 0 radical (unpaired) electrons. The number of halogens is 2. The lowest BCUT2D eigenvalue weighted by Gasteiger charge is -2.09. The van der Waals surface area contributed by atoms with E-state index in [0.29, 0.717) is 0 Å². The topological polar surface area (TPSA) is 66.4 Å². The van der Waals surface area contributed by atoms with Crippen LogP contribution in [0.2, 0.25) is 5.02 Å². The van der Waals surface area contributed by atoms with E-state index in [1.165, 1.54) is 6.07 Å². The lowest BCUT2D eigenvalue weighted by molar-refractivity contribution is 0.471. The molecule has 1 aromatic carbocycles. The Morgan fingerprint density at radius 1 is 1.37 bits per heavy atom. The fourth-order valence-corrected chi connectivity index (χ4v) is 3.88. The molecular weight excluding hydrogens is 313 g/mol. The van der Waals surface area contributed by atoms with E-state index in [4.69, 9.17) is 11.6 Å².